The lowest BCUT2D eigenvalue weighted by molar-refractivity contribution is 0.102. The Kier molecular flexibility index (Phi) is 6.89. The Labute approximate surface area is 218 Å². The first-order valence-corrected chi connectivity index (χ1v) is 12.7. The van der Waals surface area contributed by atoms with Gasteiger partial charge in [0.2, 0.25) is 0 Å². The molecular weight excluding hydrogens is 496 g/mol. The molecule has 0 aliphatic heterocycles. The molecule has 3 heterocycles. The van der Waals surface area contributed by atoms with Crippen LogP contribution in [0.1, 0.15) is 44.5 Å². The monoisotopic (exact) mass is 520 g/mol. The molecule has 4 aromatic rings. The lowest BCUT2D eigenvalue weighted by Crippen LogP contribution is -2.14. The van der Waals surface area contributed by atoms with Gasteiger partial charge in [0.1, 0.15) is 16.7 Å². The number of methoxy groups -OCH3 is 2. The molecule has 9 heteroatoms. The number of hydrogen-bond acceptors (Lipinski definition) is 7. The van der Waals surface area contributed by atoms with Gasteiger partial charge in [0.15, 0.2) is 5.13 Å². The highest BCUT2D eigenvalue weighted by Crippen LogP contribution is 2.38. The van der Waals surface area contributed by atoms with Crippen molar-refractivity contribution < 1.29 is 14.3 Å². The van der Waals surface area contributed by atoms with Gasteiger partial charge >= 0.3 is 0 Å². The van der Waals surface area contributed by atoms with Crippen molar-refractivity contribution in [2.45, 2.75) is 32.1 Å². The van der Waals surface area contributed by atoms with Crippen LogP contribution in [0.5, 0.6) is 11.5 Å². The van der Waals surface area contributed by atoms with Gasteiger partial charge in [0.25, 0.3) is 5.91 Å². The second-order valence-corrected chi connectivity index (χ2v) is 10.1. The Hall–Kier alpha value is -3.49. The van der Waals surface area contributed by atoms with Crippen molar-refractivity contribution in [2.24, 2.45) is 0 Å². The lowest BCUT2D eigenvalue weighted by atomic mass is 9.85. The summed E-state index contributed by atoms with van der Waals surface area (Å²) in [5.74, 6) is 1.51. The number of benzene rings is 1. The number of carbonyl (C=O) groups excluding carboxylic acids is 1. The molecule has 3 aromatic heterocycles. The van der Waals surface area contributed by atoms with Crippen LogP contribution < -0.4 is 14.8 Å². The van der Waals surface area contributed by atoms with Gasteiger partial charge in [-0.1, -0.05) is 23.7 Å². The van der Waals surface area contributed by atoms with Gasteiger partial charge in [-0.3, -0.25) is 15.1 Å². The normalized spacial score (nSPS) is 14.7. The summed E-state index contributed by atoms with van der Waals surface area (Å²) >= 11 is 7.69. The topological polar surface area (TPSA) is 86.2 Å². The zero-order chi connectivity index (χ0) is 25.2. The summed E-state index contributed by atoms with van der Waals surface area (Å²) < 4.78 is 10.8. The number of nitrogens with zero attached hydrogens (tertiary/aromatic N) is 3. The van der Waals surface area contributed by atoms with Crippen LogP contribution in [0.3, 0.4) is 0 Å². The molecule has 0 spiro atoms. The fourth-order valence-electron chi connectivity index (χ4n) is 4.51. The van der Waals surface area contributed by atoms with E-state index < -0.39 is 0 Å². The number of pyridine rings is 2. The van der Waals surface area contributed by atoms with Gasteiger partial charge in [-0.2, -0.15) is 0 Å². The number of halogens is 1. The fraction of sp³-hybridized carbons (Fsp3) is 0.259. The molecule has 0 fully saturated rings. The molecular formula is C27H25ClN4O3S. The number of fused-ring (bicyclic) bond motifs is 1. The molecule has 0 saturated carbocycles. The second kappa shape index (κ2) is 10.2. The van der Waals surface area contributed by atoms with Crippen molar-refractivity contribution in [3.8, 4) is 22.6 Å². The zero-order valence-corrected chi connectivity index (χ0v) is 21.7. The first-order chi connectivity index (χ1) is 17.4. The standard InChI is InChI=1S/C27H25ClN4O3S/c1-15-10-19(20-12-25(28)30-14-23(20)35-3)21(13-29-15)26(33)32-27-31-22-9-6-17(11-24(22)36-27)16-4-7-18(34-2)8-5-16/h4-5,7-8,10,12-14,17H,6,9,11H2,1-3H3,(H,31,32,33). The summed E-state index contributed by atoms with van der Waals surface area (Å²) in [4.78, 5) is 27.8. The van der Waals surface area contributed by atoms with E-state index in [0.717, 1.165) is 36.4 Å². The van der Waals surface area contributed by atoms with E-state index in [1.54, 1.807) is 32.7 Å². The Bertz CT molecular complexity index is 1420. The number of rotatable bonds is 6. The van der Waals surface area contributed by atoms with E-state index in [0.29, 0.717) is 38.6 Å². The number of carbonyl (C=O) groups is 1. The average molecular weight is 521 g/mol. The van der Waals surface area contributed by atoms with E-state index >= 15 is 0 Å². The van der Waals surface area contributed by atoms with E-state index in [9.17, 15) is 4.79 Å². The van der Waals surface area contributed by atoms with E-state index in [-0.39, 0.29) is 5.91 Å². The molecule has 1 unspecified atom stereocenters. The van der Waals surface area contributed by atoms with Crippen LogP contribution in [-0.2, 0) is 12.8 Å². The maximum absolute atomic E-state index is 13.4. The number of anilines is 1. The predicted molar refractivity (Wildman–Crippen MR) is 142 cm³/mol. The molecule has 1 aliphatic rings. The summed E-state index contributed by atoms with van der Waals surface area (Å²) in [6.45, 7) is 1.87. The van der Waals surface area contributed by atoms with Crippen molar-refractivity contribution in [2.75, 3.05) is 19.5 Å². The molecule has 1 aromatic carbocycles. The minimum atomic E-state index is -0.287. The van der Waals surface area contributed by atoms with E-state index in [1.165, 1.54) is 21.8 Å². The molecule has 7 nitrogen and oxygen atoms in total. The van der Waals surface area contributed by atoms with Gasteiger partial charge in [-0.05, 0) is 61.9 Å². The third-order valence-electron chi connectivity index (χ3n) is 6.38. The molecule has 0 radical (unpaired) electrons. The molecule has 0 saturated heterocycles. The van der Waals surface area contributed by atoms with Crippen LogP contribution in [0, 0.1) is 6.92 Å². The van der Waals surface area contributed by atoms with Gasteiger partial charge in [0, 0.05) is 27.9 Å². The van der Waals surface area contributed by atoms with E-state index in [1.807, 2.05) is 25.1 Å². The van der Waals surface area contributed by atoms with E-state index in [2.05, 4.69) is 27.4 Å². The summed E-state index contributed by atoms with van der Waals surface area (Å²) in [5, 5.41) is 3.89. The highest BCUT2D eigenvalue weighted by molar-refractivity contribution is 7.15. The van der Waals surface area contributed by atoms with Crippen LogP contribution in [-0.4, -0.2) is 35.1 Å². The molecule has 5 rings (SSSR count). The van der Waals surface area contributed by atoms with E-state index in [4.69, 9.17) is 26.1 Å². The second-order valence-electron chi connectivity index (χ2n) is 8.63. The van der Waals surface area contributed by atoms with Crippen molar-refractivity contribution >= 4 is 34.0 Å². The van der Waals surface area contributed by atoms with Gasteiger partial charge in [-0.15, -0.1) is 11.3 Å². The van der Waals surface area contributed by atoms with Crippen LogP contribution in [0.2, 0.25) is 5.15 Å². The fourth-order valence-corrected chi connectivity index (χ4v) is 5.75. The lowest BCUT2D eigenvalue weighted by Gasteiger charge is -2.21. The maximum atomic E-state index is 13.4. The number of nitrogens with one attached hydrogen (secondary N) is 1. The molecule has 184 valence electrons. The number of aryl methyl sites for hydroxylation is 2. The Morgan fingerprint density at radius 3 is 2.64 bits per heavy atom. The number of ether oxygens (including phenoxy) is 2. The maximum Gasteiger partial charge on any atom is 0.259 e. The first kappa shape index (κ1) is 24.2. The highest BCUT2D eigenvalue weighted by Gasteiger charge is 2.25. The highest BCUT2D eigenvalue weighted by atomic mass is 35.5. The third-order valence-corrected chi connectivity index (χ3v) is 7.62. The SMILES string of the molecule is COc1ccc(C2CCc3nc(NC(=O)c4cnc(C)cc4-c4cc(Cl)ncc4OC)sc3C2)cc1. The van der Waals surface area contributed by atoms with Gasteiger partial charge in [0.05, 0.1) is 31.7 Å². The van der Waals surface area contributed by atoms with Crippen molar-refractivity contribution in [1.82, 2.24) is 15.0 Å². The number of aromatic nitrogens is 3. The molecule has 1 amide bonds. The largest absolute Gasteiger partial charge is 0.497 e. The van der Waals surface area contributed by atoms with Crippen molar-refractivity contribution in [3.63, 3.8) is 0 Å². The summed E-state index contributed by atoms with van der Waals surface area (Å²) in [6, 6.07) is 11.8. The Morgan fingerprint density at radius 2 is 1.89 bits per heavy atom. The molecule has 1 aliphatic carbocycles. The minimum Gasteiger partial charge on any atom is -0.497 e. The van der Waals surface area contributed by atoms with Crippen LogP contribution in [0.4, 0.5) is 5.13 Å². The van der Waals surface area contributed by atoms with Crippen LogP contribution in [0.25, 0.3) is 11.1 Å². The average Bonchev–Trinajstić information content (AvgIpc) is 3.30. The molecule has 1 atom stereocenters. The van der Waals surface area contributed by atoms with Crippen molar-refractivity contribution in [1.29, 1.82) is 0 Å². The number of thiazole rings is 1. The van der Waals surface area contributed by atoms with Crippen molar-refractivity contribution in [3.05, 3.63) is 81.3 Å². The predicted octanol–water partition coefficient (Wildman–Crippen LogP) is 6.10. The van der Waals surface area contributed by atoms with Crippen LogP contribution in [0.15, 0.2) is 48.8 Å². The van der Waals surface area contributed by atoms with Crippen LogP contribution >= 0.6 is 22.9 Å². The summed E-state index contributed by atoms with van der Waals surface area (Å²) in [6.07, 6.45) is 5.91. The molecule has 0 bridgehead atoms. The van der Waals surface area contributed by atoms with Gasteiger partial charge < -0.3 is 9.47 Å². The summed E-state index contributed by atoms with van der Waals surface area (Å²) in [5.41, 5.74) is 4.87. The third kappa shape index (κ3) is 4.92. The minimum absolute atomic E-state index is 0.287. The smallest absolute Gasteiger partial charge is 0.259 e. The van der Waals surface area contributed by atoms with Gasteiger partial charge in [-0.25, -0.2) is 9.97 Å². The number of amides is 1. The first-order valence-electron chi connectivity index (χ1n) is 11.6. The Morgan fingerprint density at radius 1 is 1.08 bits per heavy atom. The number of hydrogen-bond donors (Lipinski definition) is 1. The molecule has 36 heavy (non-hydrogen) atoms. The quantitative estimate of drug-likeness (QED) is 0.309. The molecule has 1 N–H and O–H groups in total. The Balaban J connectivity index is 1.39. The zero-order valence-electron chi connectivity index (χ0n) is 20.2. The summed E-state index contributed by atoms with van der Waals surface area (Å²) in [7, 11) is 3.23.